The minimum Gasteiger partial charge on any atom is -0.256 e. The maximum absolute atomic E-state index is 4.19. The van der Waals surface area contributed by atoms with E-state index in [-0.39, 0.29) is 0 Å². The average molecular weight is 231 g/mol. The molecule has 0 atom stereocenters. The number of hydrogen-bond donors (Lipinski definition) is 0. The van der Waals surface area contributed by atoms with Crippen LogP contribution in [0.2, 0.25) is 0 Å². The highest BCUT2D eigenvalue weighted by Gasteiger charge is 1.93. The zero-order valence-electron chi connectivity index (χ0n) is 10.0. The fourth-order valence-corrected chi connectivity index (χ4v) is 1.53. The molecule has 0 N–H and O–H groups in total. The molecule has 0 aliphatic heterocycles. The molecule has 0 aliphatic rings. The first-order chi connectivity index (χ1) is 8.90. The molecular formula is C17H13N. The van der Waals surface area contributed by atoms with E-state index in [9.17, 15) is 0 Å². The number of allylic oxidation sites excluding steroid dienone is 2. The summed E-state index contributed by atoms with van der Waals surface area (Å²) in [6, 6.07) is 15.8. The van der Waals surface area contributed by atoms with Crippen LogP contribution in [0, 0.1) is 0 Å². The van der Waals surface area contributed by atoms with Crippen LogP contribution >= 0.6 is 0 Å². The van der Waals surface area contributed by atoms with E-state index < -0.39 is 0 Å². The molecule has 1 nitrogen and oxygen atoms in total. The van der Waals surface area contributed by atoms with Crippen LogP contribution < -0.4 is 0 Å². The highest BCUT2D eigenvalue weighted by atomic mass is 14.6. The van der Waals surface area contributed by atoms with Gasteiger partial charge in [0.05, 0.1) is 5.69 Å². The number of benzene rings is 1. The largest absolute Gasteiger partial charge is 0.256 e. The smallest absolute Gasteiger partial charge is 0.0706 e. The molecule has 0 saturated heterocycles. The number of pyridine rings is 1. The quantitative estimate of drug-likeness (QED) is 0.572. The molecule has 0 spiro atoms. The van der Waals surface area contributed by atoms with E-state index in [1.807, 2.05) is 60.7 Å². The van der Waals surface area contributed by atoms with Crippen LogP contribution in [0.1, 0.15) is 11.3 Å². The molecule has 1 heteroatoms. The van der Waals surface area contributed by atoms with Crippen LogP contribution in [0.25, 0.3) is 11.6 Å². The summed E-state index contributed by atoms with van der Waals surface area (Å²) < 4.78 is 0. The minimum atomic E-state index is 0.880. The van der Waals surface area contributed by atoms with Crippen LogP contribution in [0.5, 0.6) is 0 Å². The van der Waals surface area contributed by atoms with Crippen LogP contribution in [0.3, 0.4) is 0 Å². The molecular weight excluding hydrogens is 218 g/mol. The Morgan fingerprint density at radius 3 is 2.50 bits per heavy atom. The maximum Gasteiger partial charge on any atom is 0.0706 e. The van der Waals surface area contributed by atoms with E-state index in [4.69, 9.17) is 0 Å². The molecule has 0 fully saturated rings. The van der Waals surface area contributed by atoms with Crippen LogP contribution in [0.4, 0.5) is 0 Å². The molecule has 86 valence electrons. The predicted octanol–water partition coefficient (Wildman–Crippen LogP) is 4.12. The minimum absolute atomic E-state index is 0.880. The van der Waals surface area contributed by atoms with Gasteiger partial charge in [0, 0.05) is 17.8 Å². The number of aromatic nitrogens is 1. The third-order valence-electron chi connectivity index (χ3n) is 2.42. The van der Waals surface area contributed by atoms with Gasteiger partial charge in [-0.1, -0.05) is 43.0 Å². The first-order valence-electron chi connectivity index (χ1n) is 5.69. The molecule has 1 aromatic carbocycles. The number of hydrogen-bond acceptors (Lipinski definition) is 1. The normalized spacial score (nSPS) is 8.89. The van der Waals surface area contributed by atoms with E-state index in [1.165, 1.54) is 0 Å². The van der Waals surface area contributed by atoms with E-state index in [1.54, 1.807) is 6.20 Å². The Balaban J connectivity index is 2.23. The molecule has 0 bridgehead atoms. The standard InChI is InChI=1S/C17H13N/c1-2-15(16-9-4-3-5-10-16)11-8-13-17-12-6-7-14-18-17/h3-7,9-14H,1H2. The van der Waals surface area contributed by atoms with Gasteiger partial charge in [-0.15, -0.1) is 11.5 Å². The summed E-state index contributed by atoms with van der Waals surface area (Å²) in [5, 5.41) is 0. The van der Waals surface area contributed by atoms with E-state index in [2.05, 4.69) is 23.0 Å². The van der Waals surface area contributed by atoms with Gasteiger partial charge in [-0.3, -0.25) is 4.98 Å². The van der Waals surface area contributed by atoms with E-state index >= 15 is 0 Å². The van der Waals surface area contributed by atoms with Crippen molar-refractivity contribution in [3.05, 3.63) is 90.1 Å². The maximum atomic E-state index is 4.19. The third kappa shape index (κ3) is 3.20. The third-order valence-corrected chi connectivity index (χ3v) is 2.42. The molecule has 0 amide bonds. The summed E-state index contributed by atoms with van der Waals surface area (Å²) >= 11 is 0. The van der Waals surface area contributed by atoms with Crippen LogP contribution in [-0.4, -0.2) is 4.98 Å². The van der Waals surface area contributed by atoms with Gasteiger partial charge in [0.1, 0.15) is 0 Å². The Morgan fingerprint density at radius 1 is 1.06 bits per heavy atom. The molecule has 1 heterocycles. The van der Waals surface area contributed by atoms with Gasteiger partial charge in [-0.05, 0) is 23.8 Å². The Labute approximate surface area is 107 Å². The second-order valence-electron chi connectivity index (χ2n) is 3.67. The molecule has 0 radical (unpaired) electrons. The Bertz CT molecular complexity index is 611. The van der Waals surface area contributed by atoms with Crippen molar-refractivity contribution in [1.29, 1.82) is 0 Å². The van der Waals surface area contributed by atoms with Crippen molar-refractivity contribution in [2.24, 2.45) is 0 Å². The monoisotopic (exact) mass is 231 g/mol. The summed E-state index contributed by atoms with van der Waals surface area (Å²) in [7, 11) is 0. The lowest BCUT2D eigenvalue weighted by Gasteiger charge is -1.96. The lowest BCUT2D eigenvalue weighted by atomic mass is 10.1. The van der Waals surface area contributed by atoms with Crippen molar-refractivity contribution in [3.63, 3.8) is 0 Å². The fourth-order valence-electron chi connectivity index (χ4n) is 1.53. The molecule has 0 unspecified atom stereocenters. The van der Waals surface area contributed by atoms with Crippen molar-refractivity contribution in [3.8, 4) is 0 Å². The van der Waals surface area contributed by atoms with Gasteiger partial charge in [0.15, 0.2) is 0 Å². The number of nitrogens with zero attached hydrogens (tertiary/aromatic N) is 1. The van der Waals surface area contributed by atoms with Gasteiger partial charge in [-0.25, -0.2) is 0 Å². The summed E-state index contributed by atoms with van der Waals surface area (Å²) in [6.07, 6.45) is 5.45. The Kier molecular flexibility index (Phi) is 4.11. The van der Waals surface area contributed by atoms with Gasteiger partial charge in [-0.2, -0.15) is 0 Å². The first-order valence-corrected chi connectivity index (χ1v) is 5.69. The van der Waals surface area contributed by atoms with Crippen molar-refractivity contribution >= 4 is 11.6 Å². The molecule has 0 aliphatic carbocycles. The van der Waals surface area contributed by atoms with Crippen LogP contribution in [-0.2, 0) is 0 Å². The van der Waals surface area contributed by atoms with Crippen molar-refractivity contribution < 1.29 is 0 Å². The van der Waals surface area contributed by atoms with Gasteiger partial charge in [0.25, 0.3) is 0 Å². The SMILES string of the molecule is C=C=C(C=C=Cc1ccccn1)c1ccccc1. The predicted molar refractivity (Wildman–Crippen MR) is 75.8 cm³/mol. The molecule has 0 saturated carbocycles. The molecule has 1 aromatic heterocycles. The zero-order valence-corrected chi connectivity index (χ0v) is 10.0. The van der Waals surface area contributed by atoms with Gasteiger partial charge in [0.2, 0.25) is 0 Å². The summed E-state index contributed by atoms with van der Waals surface area (Å²) in [4.78, 5) is 4.19. The van der Waals surface area contributed by atoms with E-state index in [0.29, 0.717) is 0 Å². The molecule has 2 rings (SSSR count). The fraction of sp³-hybridized carbons (Fsp3) is 0. The van der Waals surface area contributed by atoms with E-state index in [0.717, 1.165) is 16.8 Å². The highest BCUT2D eigenvalue weighted by Crippen LogP contribution is 2.13. The van der Waals surface area contributed by atoms with Gasteiger partial charge < -0.3 is 0 Å². The summed E-state index contributed by atoms with van der Waals surface area (Å²) in [5.41, 5.74) is 8.89. The van der Waals surface area contributed by atoms with Crippen LogP contribution in [0.15, 0.2) is 78.8 Å². The van der Waals surface area contributed by atoms with Gasteiger partial charge >= 0.3 is 0 Å². The highest BCUT2D eigenvalue weighted by molar-refractivity contribution is 5.73. The average Bonchev–Trinajstić information content (AvgIpc) is 2.46. The Hall–Kier alpha value is -2.59. The summed E-state index contributed by atoms with van der Waals surface area (Å²) in [6.45, 7) is 3.70. The first kappa shape index (κ1) is 11.9. The Morgan fingerprint density at radius 2 is 1.83 bits per heavy atom. The van der Waals surface area contributed by atoms with Crippen molar-refractivity contribution in [2.75, 3.05) is 0 Å². The van der Waals surface area contributed by atoms with Crippen molar-refractivity contribution in [1.82, 2.24) is 4.98 Å². The lowest BCUT2D eigenvalue weighted by molar-refractivity contribution is 1.30. The lowest BCUT2D eigenvalue weighted by Crippen LogP contribution is -1.77. The van der Waals surface area contributed by atoms with Crippen molar-refractivity contribution in [2.45, 2.75) is 0 Å². The topological polar surface area (TPSA) is 12.9 Å². The molecule has 18 heavy (non-hydrogen) atoms. The molecule has 2 aromatic rings. The zero-order chi connectivity index (χ0) is 12.6. The summed E-state index contributed by atoms with van der Waals surface area (Å²) in [5.74, 6) is 0. The number of rotatable bonds is 3. The second-order valence-corrected chi connectivity index (χ2v) is 3.67. The second kappa shape index (κ2) is 6.22.